The summed E-state index contributed by atoms with van der Waals surface area (Å²) in [5, 5.41) is 3.83. The fraction of sp³-hybridized carbons (Fsp3) is 0.364. The van der Waals surface area contributed by atoms with Crippen molar-refractivity contribution in [2.24, 2.45) is 0 Å². The number of ether oxygens (including phenoxy) is 2. The van der Waals surface area contributed by atoms with E-state index in [1.807, 2.05) is 19.9 Å². The molecular formula is C22H28N2O6S. The van der Waals surface area contributed by atoms with Crippen LogP contribution in [0.1, 0.15) is 24.5 Å². The fourth-order valence-corrected chi connectivity index (χ4v) is 4.80. The summed E-state index contributed by atoms with van der Waals surface area (Å²) in [6.45, 7) is 5.36. The summed E-state index contributed by atoms with van der Waals surface area (Å²) in [6, 6.07) is 10.1. The monoisotopic (exact) mass is 448 g/mol. The summed E-state index contributed by atoms with van der Waals surface area (Å²) in [4.78, 5) is 25.0. The maximum atomic E-state index is 12.8. The highest BCUT2D eigenvalue weighted by Crippen LogP contribution is 2.29. The third-order valence-corrected chi connectivity index (χ3v) is 6.66. The largest absolute Gasteiger partial charge is 0.493 e. The van der Waals surface area contributed by atoms with Crippen molar-refractivity contribution >= 4 is 33.0 Å². The number of anilines is 2. The van der Waals surface area contributed by atoms with Gasteiger partial charge in [-0.3, -0.25) is 9.59 Å². The molecule has 31 heavy (non-hydrogen) atoms. The molecule has 0 aliphatic heterocycles. The van der Waals surface area contributed by atoms with Crippen LogP contribution in [0.25, 0.3) is 0 Å². The molecule has 0 spiro atoms. The normalized spacial score (nSPS) is 12.0. The smallest absolute Gasteiger partial charge is 0.242 e. The van der Waals surface area contributed by atoms with Crippen molar-refractivity contribution in [1.29, 1.82) is 0 Å². The molecule has 2 aromatic rings. The van der Waals surface area contributed by atoms with Crippen LogP contribution in [-0.2, 0) is 19.4 Å². The van der Waals surface area contributed by atoms with Crippen LogP contribution in [0.5, 0.6) is 11.5 Å². The first-order valence-corrected chi connectivity index (χ1v) is 11.4. The molecule has 0 radical (unpaired) electrons. The first-order valence-electron chi connectivity index (χ1n) is 9.72. The maximum Gasteiger partial charge on any atom is 0.242 e. The van der Waals surface area contributed by atoms with Crippen LogP contribution in [-0.4, -0.2) is 45.5 Å². The molecule has 168 valence electrons. The molecule has 0 saturated heterocycles. The zero-order valence-electron chi connectivity index (χ0n) is 18.3. The number of rotatable bonds is 9. The van der Waals surface area contributed by atoms with Gasteiger partial charge in [-0.1, -0.05) is 13.0 Å². The van der Waals surface area contributed by atoms with Crippen LogP contribution in [0.2, 0.25) is 0 Å². The van der Waals surface area contributed by atoms with E-state index in [1.54, 1.807) is 31.2 Å². The lowest BCUT2D eigenvalue weighted by molar-refractivity contribution is -0.115. The van der Waals surface area contributed by atoms with Crippen LogP contribution < -0.4 is 20.1 Å². The summed E-state index contributed by atoms with van der Waals surface area (Å²) in [7, 11) is -1.10. The molecule has 2 rings (SSSR count). The molecule has 2 aromatic carbocycles. The Labute approximate surface area is 182 Å². The fourth-order valence-electron chi connectivity index (χ4n) is 3.27. The van der Waals surface area contributed by atoms with Crippen LogP contribution in [0.15, 0.2) is 36.4 Å². The van der Waals surface area contributed by atoms with Crippen molar-refractivity contribution in [3.63, 3.8) is 0 Å². The van der Waals surface area contributed by atoms with Crippen molar-refractivity contribution in [2.75, 3.05) is 30.6 Å². The second-order valence-electron chi connectivity index (χ2n) is 7.19. The van der Waals surface area contributed by atoms with Crippen molar-refractivity contribution in [3.05, 3.63) is 47.5 Å². The summed E-state index contributed by atoms with van der Waals surface area (Å²) >= 11 is 0. The number of carbonyl (C=O) groups excluding carboxylic acids is 2. The highest BCUT2D eigenvalue weighted by molar-refractivity contribution is 7.93. The zero-order valence-corrected chi connectivity index (χ0v) is 19.1. The molecule has 0 bridgehead atoms. The lowest BCUT2D eigenvalue weighted by atomic mass is 10.1. The lowest BCUT2D eigenvalue weighted by Crippen LogP contribution is -2.39. The molecule has 8 nitrogen and oxygen atoms in total. The number of sulfone groups is 1. The number of hydrogen-bond acceptors (Lipinski definition) is 6. The Morgan fingerprint density at radius 3 is 2.06 bits per heavy atom. The van der Waals surface area contributed by atoms with E-state index in [4.69, 9.17) is 9.47 Å². The van der Waals surface area contributed by atoms with Gasteiger partial charge in [-0.05, 0) is 55.7 Å². The second kappa shape index (κ2) is 10.3. The van der Waals surface area contributed by atoms with E-state index in [0.717, 1.165) is 11.1 Å². The van der Waals surface area contributed by atoms with E-state index in [-0.39, 0.29) is 6.42 Å². The van der Waals surface area contributed by atoms with E-state index in [9.17, 15) is 18.0 Å². The van der Waals surface area contributed by atoms with Crippen molar-refractivity contribution in [2.45, 2.75) is 32.4 Å². The van der Waals surface area contributed by atoms with Gasteiger partial charge in [0.05, 0.1) is 14.2 Å². The van der Waals surface area contributed by atoms with E-state index < -0.39 is 32.7 Å². The minimum Gasteiger partial charge on any atom is -0.493 e. The molecule has 2 amide bonds. The van der Waals surface area contributed by atoms with E-state index >= 15 is 0 Å². The molecule has 0 heterocycles. The van der Waals surface area contributed by atoms with Gasteiger partial charge >= 0.3 is 0 Å². The van der Waals surface area contributed by atoms with Gasteiger partial charge in [0.2, 0.25) is 11.8 Å². The lowest BCUT2D eigenvalue weighted by Gasteiger charge is -2.17. The standard InChI is InChI=1S/C22H28N2O6S/c1-6-20(22(26)24-17-10-14(2)9-15(3)11-17)31(27,28)13-21(25)23-16-7-8-18(29-4)19(12-16)30-5/h7-12,20H,6,13H2,1-5H3,(H,23,25)(H,24,26). The molecule has 0 saturated carbocycles. The maximum absolute atomic E-state index is 12.8. The van der Waals surface area contributed by atoms with Crippen molar-refractivity contribution < 1.29 is 27.5 Å². The quantitative estimate of drug-likeness (QED) is 0.610. The molecule has 9 heteroatoms. The van der Waals surface area contributed by atoms with Crippen LogP contribution in [0, 0.1) is 13.8 Å². The van der Waals surface area contributed by atoms with Gasteiger partial charge in [0.25, 0.3) is 0 Å². The van der Waals surface area contributed by atoms with Crippen LogP contribution in [0.4, 0.5) is 11.4 Å². The number of aryl methyl sites for hydroxylation is 2. The Morgan fingerprint density at radius 1 is 0.903 bits per heavy atom. The van der Waals surface area contributed by atoms with Crippen molar-refractivity contribution in [3.8, 4) is 11.5 Å². The van der Waals surface area contributed by atoms with Gasteiger partial charge in [0.1, 0.15) is 11.0 Å². The third kappa shape index (κ3) is 6.45. The van der Waals surface area contributed by atoms with Crippen LogP contribution in [0.3, 0.4) is 0 Å². The van der Waals surface area contributed by atoms with Gasteiger partial charge < -0.3 is 20.1 Å². The number of methoxy groups -OCH3 is 2. The molecule has 0 fully saturated rings. The molecular weight excluding hydrogens is 420 g/mol. The summed E-state index contributed by atoms with van der Waals surface area (Å²) < 4.78 is 35.9. The Bertz CT molecular complexity index is 1050. The second-order valence-corrected chi connectivity index (χ2v) is 9.37. The minimum absolute atomic E-state index is 0.0442. The topological polar surface area (TPSA) is 111 Å². The predicted octanol–water partition coefficient (Wildman–Crippen LogP) is 3.09. The Morgan fingerprint density at radius 2 is 1.52 bits per heavy atom. The Kier molecular flexibility index (Phi) is 8.04. The predicted molar refractivity (Wildman–Crippen MR) is 121 cm³/mol. The summed E-state index contributed by atoms with van der Waals surface area (Å²) in [6.07, 6.45) is 0.0442. The van der Waals surface area contributed by atoms with E-state index in [0.29, 0.717) is 22.9 Å². The van der Waals surface area contributed by atoms with Crippen LogP contribution >= 0.6 is 0 Å². The van der Waals surface area contributed by atoms with Gasteiger partial charge in [-0.2, -0.15) is 0 Å². The number of amides is 2. The van der Waals surface area contributed by atoms with Gasteiger partial charge in [-0.15, -0.1) is 0 Å². The highest BCUT2D eigenvalue weighted by atomic mass is 32.2. The third-order valence-electron chi connectivity index (χ3n) is 4.59. The average Bonchev–Trinajstić information content (AvgIpc) is 2.66. The van der Waals surface area contributed by atoms with Gasteiger partial charge in [-0.25, -0.2) is 8.42 Å². The highest BCUT2D eigenvalue weighted by Gasteiger charge is 2.33. The van der Waals surface area contributed by atoms with Gasteiger partial charge in [0.15, 0.2) is 21.3 Å². The van der Waals surface area contributed by atoms with E-state index in [2.05, 4.69) is 10.6 Å². The molecule has 1 atom stereocenters. The van der Waals surface area contributed by atoms with Gasteiger partial charge in [0, 0.05) is 17.4 Å². The van der Waals surface area contributed by atoms with Crippen molar-refractivity contribution in [1.82, 2.24) is 0 Å². The number of carbonyl (C=O) groups is 2. The summed E-state index contributed by atoms with van der Waals surface area (Å²) in [5.74, 6) is -1.36. The molecule has 0 aliphatic rings. The first kappa shape index (κ1) is 24.2. The number of nitrogens with one attached hydrogen (secondary N) is 2. The minimum atomic E-state index is -4.04. The molecule has 0 aliphatic carbocycles. The zero-order chi connectivity index (χ0) is 23.2. The molecule has 2 N–H and O–H groups in total. The average molecular weight is 449 g/mol. The Balaban J connectivity index is 2.11. The molecule has 0 aromatic heterocycles. The summed E-state index contributed by atoms with van der Waals surface area (Å²) in [5.41, 5.74) is 2.76. The Hall–Kier alpha value is -3.07. The number of benzene rings is 2. The van der Waals surface area contributed by atoms with E-state index in [1.165, 1.54) is 20.3 Å². The molecule has 1 unspecified atom stereocenters. The first-order chi connectivity index (χ1) is 14.6. The number of hydrogen-bond donors (Lipinski definition) is 2. The SMILES string of the molecule is CCC(C(=O)Nc1cc(C)cc(C)c1)S(=O)(=O)CC(=O)Nc1ccc(OC)c(OC)c1.